The molecule has 0 bridgehead atoms. The van der Waals surface area contributed by atoms with Crippen LogP contribution in [0.4, 0.5) is 5.69 Å². The van der Waals surface area contributed by atoms with E-state index in [0.29, 0.717) is 5.69 Å². The van der Waals surface area contributed by atoms with Crippen molar-refractivity contribution in [3.8, 4) is 0 Å². The number of nitrogens with zero attached hydrogens (tertiary/aromatic N) is 2. The molecule has 0 unspecified atom stereocenters. The standard InChI is InChI=1S/C13H20ClN3O/c1-9(2)17-13(18)12(14)11(8-16-17)15-7-3-4-10-5-6-10/h8-10,15H,3-7H2,1-2H3. The molecule has 0 amide bonds. The van der Waals surface area contributed by atoms with Crippen LogP contribution in [-0.4, -0.2) is 16.3 Å². The number of hydrogen-bond donors (Lipinski definition) is 1. The molecule has 1 N–H and O–H groups in total. The van der Waals surface area contributed by atoms with Crippen molar-refractivity contribution in [2.45, 2.75) is 45.6 Å². The van der Waals surface area contributed by atoms with Crippen molar-refractivity contribution in [2.75, 3.05) is 11.9 Å². The average molecular weight is 270 g/mol. The van der Waals surface area contributed by atoms with Gasteiger partial charge >= 0.3 is 0 Å². The van der Waals surface area contributed by atoms with Gasteiger partial charge in [0.2, 0.25) is 0 Å². The van der Waals surface area contributed by atoms with Crippen LogP contribution in [0.1, 0.15) is 45.6 Å². The number of aromatic nitrogens is 2. The third-order valence-corrected chi connectivity index (χ3v) is 3.60. The van der Waals surface area contributed by atoms with E-state index in [1.54, 1.807) is 6.20 Å². The molecule has 1 aliphatic rings. The third-order valence-electron chi connectivity index (χ3n) is 3.23. The number of anilines is 1. The quantitative estimate of drug-likeness (QED) is 0.808. The summed E-state index contributed by atoms with van der Waals surface area (Å²) in [6.45, 7) is 4.67. The van der Waals surface area contributed by atoms with Gasteiger partial charge in [0.1, 0.15) is 5.02 Å². The second-order valence-electron chi connectivity index (χ2n) is 5.23. The predicted octanol–water partition coefficient (Wildman–Crippen LogP) is 3.08. The van der Waals surface area contributed by atoms with Crippen LogP contribution in [0.25, 0.3) is 0 Å². The summed E-state index contributed by atoms with van der Waals surface area (Å²) in [6, 6.07) is 0.0268. The van der Waals surface area contributed by atoms with Crippen LogP contribution in [0, 0.1) is 5.92 Å². The molecule has 0 atom stereocenters. The van der Waals surface area contributed by atoms with Gasteiger partial charge in [-0.05, 0) is 32.6 Å². The Morgan fingerprint density at radius 1 is 1.56 bits per heavy atom. The van der Waals surface area contributed by atoms with Crippen LogP contribution in [0.15, 0.2) is 11.0 Å². The van der Waals surface area contributed by atoms with E-state index in [0.717, 1.165) is 18.9 Å². The van der Waals surface area contributed by atoms with Crippen molar-refractivity contribution in [3.05, 3.63) is 21.6 Å². The van der Waals surface area contributed by atoms with Crippen LogP contribution in [0.2, 0.25) is 5.02 Å². The minimum Gasteiger partial charge on any atom is -0.382 e. The molecule has 5 heteroatoms. The molecule has 0 aliphatic heterocycles. The van der Waals surface area contributed by atoms with E-state index < -0.39 is 0 Å². The number of rotatable bonds is 6. The van der Waals surface area contributed by atoms with Gasteiger partial charge in [0.05, 0.1) is 17.9 Å². The number of hydrogen-bond acceptors (Lipinski definition) is 3. The maximum atomic E-state index is 11.9. The van der Waals surface area contributed by atoms with E-state index >= 15 is 0 Å². The lowest BCUT2D eigenvalue weighted by molar-refractivity contribution is 0.503. The summed E-state index contributed by atoms with van der Waals surface area (Å²) >= 11 is 6.06. The maximum Gasteiger partial charge on any atom is 0.287 e. The Morgan fingerprint density at radius 2 is 2.28 bits per heavy atom. The van der Waals surface area contributed by atoms with Gasteiger partial charge in [-0.2, -0.15) is 5.10 Å². The highest BCUT2D eigenvalue weighted by molar-refractivity contribution is 6.32. The first-order valence-electron chi connectivity index (χ1n) is 6.60. The van der Waals surface area contributed by atoms with E-state index in [4.69, 9.17) is 11.6 Å². The van der Waals surface area contributed by atoms with Crippen molar-refractivity contribution >= 4 is 17.3 Å². The molecule has 1 heterocycles. The Morgan fingerprint density at radius 3 is 2.89 bits per heavy atom. The molecule has 1 aromatic heterocycles. The largest absolute Gasteiger partial charge is 0.382 e. The molecule has 100 valence electrons. The molecular weight excluding hydrogens is 250 g/mol. The highest BCUT2D eigenvalue weighted by Crippen LogP contribution is 2.33. The van der Waals surface area contributed by atoms with Crippen molar-refractivity contribution in [1.82, 2.24) is 9.78 Å². The van der Waals surface area contributed by atoms with Crippen LogP contribution >= 0.6 is 11.6 Å². The minimum absolute atomic E-state index is 0.0268. The van der Waals surface area contributed by atoms with Crippen molar-refractivity contribution in [1.29, 1.82) is 0 Å². The van der Waals surface area contributed by atoms with E-state index in [1.165, 1.54) is 23.9 Å². The lowest BCUT2D eigenvalue weighted by atomic mass is 10.2. The van der Waals surface area contributed by atoms with Gasteiger partial charge in [-0.15, -0.1) is 0 Å². The molecule has 0 saturated heterocycles. The highest BCUT2D eigenvalue weighted by Gasteiger charge is 2.20. The molecule has 1 saturated carbocycles. The average Bonchev–Trinajstić information content (AvgIpc) is 3.13. The van der Waals surface area contributed by atoms with E-state index in [2.05, 4.69) is 10.4 Å². The van der Waals surface area contributed by atoms with Crippen molar-refractivity contribution < 1.29 is 0 Å². The minimum atomic E-state index is -0.223. The zero-order valence-corrected chi connectivity index (χ0v) is 11.7. The molecule has 1 aromatic rings. The van der Waals surface area contributed by atoms with Crippen LogP contribution < -0.4 is 10.9 Å². The molecule has 2 rings (SSSR count). The predicted molar refractivity (Wildman–Crippen MR) is 74.3 cm³/mol. The Kier molecular flexibility index (Phi) is 4.27. The fraction of sp³-hybridized carbons (Fsp3) is 0.692. The molecular formula is C13H20ClN3O. The Labute approximate surface area is 112 Å². The molecule has 18 heavy (non-hydrogen) atoms. The summed E-state index contributed by atoms with van der Waals surface area (Å²) in [5, 5.41) is 7.56. The monoisotopic (exact) mass is 269 g/mol. The van der Waals surface area contributed by atoms with E-state index in [1.807, 2.05) is 13.8 Å². The van der Waals surface area contributed by atoms with Gasteiger partial charge in [-0.1, -0.05) is 24.4 Å². The molecule has 0 spiro atoms. The SMILES string of the molecule is CC(C)n1ncc(NCCCC2CC2)c(Cl)c1=O. The fourth-order valence-corrected chi connectivity index (χ4v) is 2.16. The lowest BCUT2D eigenvalue weighted by Gasteiger charge is -2.12. The number of nitrogens with one attached hydrogen (secondary N) is 1. The second-order valence-corrected chi connectivity index (χ2v) is 5.61. The summed E-state index contributed by atoms with van der Waals surface area (Å²) in [7, 11) is 0. The summed E-state index contributed by atoms with van der Waals surface area (Å²) in [6.07, 6.45) is 6.79. The molecule has 1 fully saturated rings. The molecule has 0 radical (unpaired) electrons. The zero-order valence-electron chi connectivity index (χ0n) is 10.9. The van der Waals surface area contributed by atoms with Crippen LogP contribution in [-0.2, 0) is 0 Å². The van der Waals surface area contributed by atoms with Gasteiger partial charge < -0.3 is 5.32 Å². The first kappa shape index (κ1) is 13.4. The summed E-state index contributed by atoms with van der Waals surface area (Å²) < 4.78 is 1.40. The fourth-order valence-electron chi connectivity index (χ4n) is 1.96. The number of halogens is 1. The maximum absolute atomic E-state index is 11.9. The van der Waals surface area contributed by atoms with Crippen LogP contribution in [0.5, 0.6) is 0 Å². The first-order valence-corrected chi connectivity index (χ1v) is 6.98. The van der Waals surface area contributed by atoms with Crippen molar-refractivity contribution in [2.24, 2.45) is 5.92 Å². The normalized spacial score (nSPS) is 15.1. The topological polar surface area (TPSA) is 46.9 Å². The van der Waals surface area contributed by atoms with Gasteiger partial charge in [-0.3, -0.25) is 4.79 Å². The molecule has 1 aliphatic carbocycles. The zero-order chi connectivity index (χ0) is 13.1. The van der Waals surface area contributed by atoms with E-state index in [9.17, 15) is 4.79 Å². The van der Waals surface area contributed by atoms with Gasteiger partial charge in [-0.25, -0.2) is 4.68 Å². The lowest BCUT2D eigenvalue weighted by Crippen LogP contribution is -2.25. The van der Waals surface area contributed by atoms with E-state index in [-0.39, 0.29) is 16.6 Å². The van der Waals surface area contributed by atoms with Crippen LogP contribution in [0.3, 0.4) is 0 Å². The summed E-state index contributed by atoms with van der Waals surface area (Å²) in [4.78, 5) is 11.9. The molecule has 0 aromatic carbocycles. The Bertz CT molecular complexity index is 466. The Balaban J connectivity index is 1.95. The van der Waals surface area contributed by atoms with Gasteiger partial charge in [0, 0.05) is 6.54 Å². The molecule has 4 nitrogen and oxygen atoms in total. The second kappa shape index (κ2) is 5.74. The van der Waals surface area contributed by atoms with Crippen molar-refractivity contribution in [3.63, 3.8) is 0 Å². The summed E-state index contributed by atoms with van der Waals surface area (Å²) in [5.74, 6) is 0.939. The van der Waals surface area contributed by atoms with Gasteiger partial charge in [0.25, 0.3) is 5.56 Å². The highest BCUT2D eigenvalue weighted by atomic mass is 35.5. The smallest absolute Gasteiger partial charge is 0.287 e. The van der Waals surface area contributed by atoms with Gasteiger partial charge in [0.15, 0.2) is 0 Å². The Hall–Kier alpha value is -1.03. The first-order chi connectivity index (χ1) is 8.59. The summed E-state index contributed by atoms with van der Waals surface area (Å²) in [5.41, 5.74) is 0.424. The third kappa shape index (κ3) is 3.25.